The van der Waals surface area contributed by atoms with Crippen LogP contribution in [0.25, 0.3) is 0 Å². The molecule has 4 nitrogen and oxygen atoms in total. The molecule has 1 saturated carbocycles. The molecule has 0 amide bonds. The van der Waals surface area contributed by atoms with Crippen molar-refractivity contribution < 1.29 is 9.53 Å². The van der Waals surface area contributed by atoms with E-state index in [1.165, 1.54) is 19.3 Å². The largest absolute Gasteiger partial charge is 0.466 e. The number of hydrogen-bond acceptors (Lipinski definition) is 5. The van der Waals surface area contributed by atoms with Crippen LogP contribution in [0.3, 0.4) is 0 Å². The molecule has 1 heterocycles. The summed E-state index contributed by atoms with van der Waals surface area (Å²) in [4.78, 5) is 15.8. The maximum Gasteiger partial charge on any atom is 0.306 e. The van der Waals surface area contributed by atoms with Crippen LogP contribution in [0.15, 0.2) is 5.38 Å². The van der Waals surface area contributed by atoms with E-state index in [9.17, 15) is 4.79 Å². The van der Waals surface area contributed by atoms with Gasteiger partial charge in [0.2, 0.25) is 0 Å². The van der Waals surface area contributed by atoms with Gasteiger partial charge in [-0.1, -0.05) is 19.8 Å². The van der Waals surface area contributed by atoms with Crippen LogP contribution in [0.5, 0.6) is 0 Å². The van der Waals surface area contributed by atoms with Crippen molar-refractivity contribution in [3.63, 3.8) is 0 Å². The van der Waals surface area contributed by atoms with Gasteiger partial charge < -0.3 is 10.1 Å². The first-order chi connectivity index (χ1) is 9.69. The zero-order chi connectivity index (χ0) is 14.4. The van der Waals surface area contributed by atoms with Crippen LogP contribution in [-0.2, 0) is 16.0 Å². The van der Waals surface area contributed by atoms with Crippen molar-refractivity contribution in [2.75, 3.05) is 18.5 Å². The molecule has 1 fully saturated rings. The monoisotopic (exact) mass is 296 g/mol. The van der Waals surface area contributed by atoms with Gasteiger partial charge in [0.1, 0.15) is 0 Å². The molecule has 1 aromatic heterocycles. The second-order valence-electron chi connectivity index (χ2n) is 5.50. The molecule has 20 heavy (non-hydrogen) atoms. The van der Waals surface area contributed by atoms with E-state index in [0.29, 0.717) is 19.4 Å². The van der Waals surface area contributed by atoms with Crippen molar-refractivity contribution in [3.8, 4) is 0 Å². The first-order valence-corrected chi connectivity index (χ1v) is 8.41. The number of esters is 1. The topological polar surface area (TPSA) is 51.2 Å². The Morgan fingerprint density at radius 3 is 3.10 bits per heavy atom. The Hall–Kier alpha value is -1.10. The third-order valence-corrected chi connectivity index (χ3v) is 4.85. The minimum absolute atomic E-state index is 0.144. The minimum atomic E-state index is -0.144. The zero-order valence-electron chi connectivity index (χ0n) is 12.4. The number of nitrogens with one attached hydrogen (secondary N) is 1. The number of ether oxygens (including phenoxy) is 1. The molecule has 0 bridgehead atoms. The fourth-order valence-corrected chi connectivity index (χ4v) is 3.47. The summed E-state index contributed by atoms with van der Waals surface area (Å²) in [6.07, 6.45) is 5.12. The summed E-state index contributed by atoms with van der Waals surface area (Å²) in [6, 6.07) is 0. The van der Waals surface area contributed by atoms with Gasteiger partial charge in [-0.2, -0.15) is 0 Å². The quantitative estimate of drug-likeness (QED) is 0.783. The number of aromatic nitrogens is 1. The second-order valence-corrected chi connectivity index (χ2v) is 6.36. The molecule has 2 unspecified atom stereocenters. The molecule has 1 aromatic rings. The van der Waals surface area contributed by atoms with E-state index >= 15 is 0 Å². The molecule has 0 aromatic carbocycles. The van der Waals surface area contributed by atoms with Crippen molar-refractivity contribution in [2.45, 2.75) is 46.0 Å². The van der Waals surface area contributed by atoms with Crippen molar-refractivity contribution in [1.82, 2.24) is 4.98 Å². The van der Waals surface area contributed by atoms with Crippen molar-refractivity contribution in [1.29, 1.82) is 0 Å². The predicted molar refractivity (Wildman–Crippen MR) is 82.1 cm³/mol. The third-order valence-electron chi connectivity index (χ3n) is 4.00. The maximum atomic E-state index is 11.3. The highest BCUT2D eigenvalue weighted by atomic mass is 32.1. The summed E-state index contributed by atoms with van der Waals surface area (Å²) in [5.74, 6) is 1.46. The normalized spacial score (nSPS) is 21.9. The Morgan fingerprint density at radius 1 is 1.55 bits per heavy atom. The van der Waals surface area contributed by atoms with E-state index in [0.717, 1.165) is 29.2 Å². The fraction of sp³-hybridized carbons (Fsp3) is 0.733. The summed E-state index contributed by atoms with van der Waals surface area (Å²) in [5.41, 5.74) is 0.977. The molecule has 1 aliphatic rings. The molecule has 0 spiro atoms. The second kappa shape index (κ2) is 7.62. The molecule has 1 aliphatic carbocycles. The van der Waals surface area contributed by atoms with E-state index in [-0.39, 0.29) is 5.97 Å². The smallest absolute Gasteiger partial charge is 0.306 e. The average Bonchev–Trinajstić information content (AvgIpc) is 3.03. The number of hydrogen-bond donors (Lipinski definition) is 1. The van der Waals surface area contributed by atoms with Gasteiger partial charge in [0.15, 0.2) is 5.13 Å². The maximum absolute atomic E-state index is 11.3. The number of carbonyl (C=O) groups is 1. The molecule has 5 heteroatoms. The van der Waals surface area contributed by atoms with E-state index < -0.39 is 0 Å². The average molecular weight is 296 g/mol. The highest BCUT2D eigenvalue weighted by Gasteiger charge is 2.23. The molecule has 112 valence electrons. The van der Waals surface area contributed by atoms with Gasteiger partial charge in [-0.25, -0.2) is 4.98 Å². The lowest BCUT2D eigenvalue weighted by Gasteiger charge is -2.15. The van der Waals surface area contributed by atoms with E-state index in [2.05, 4.69) is 17.2 Å². The van der Waals surface area contributed by atoms with Gasteiger partial charge in [0.05, 0.1) is 18.7 Å². The lowest BCUT2D eigenvalue weighted by atomic mass is 9.98. The third kappa shape index (κ3) is 4.47. The first kappa shape index (κ1) is 15.3. The van der Waals surface area contributed by atoms with E-state index in [1.807, 2.05) is 12.3 Å². The Morgan fingerprint density at radius 2 is 2.40 bits per heavy atom. The molecular formula is C15H24N2O2S. The number of carbonyl (C=O) groups excluding carboxylic acids is 1. The Bertz CT molecular complexity index is 433. The molecule has 0 saturated heterocycles. The number of nitrogens with zero attached hydrogens (tertiary/aromatic N) is 1. The minimum Gasteiger partial charge on any atom is -0.466 e. The van der Waals surface area contributed by atoms with E-state index in [1.54, 1.807) is 11.3 Å². The standard InChI is InChI=1S/C15H24N2O2S/c1-3-19-14(18)8-7-13-10-20-15(17-13)16-9-12-6-4-5-11(12)2/h10-12H,3-9H2,1-2H3,(H,16,17). The predicted octanol–water partition coefficient (Wildman–Crippen LogP) is 3.49. The van der Waals surface area contributed by atoms with Crippen LogP contribution >= 0.6 is 11.3 Å². The summed E-state index contributed by atoms with van der Waals surface area (Å²) in [5, 5.41) is 6.44. The van der Waals surface area contributed by atoms with Crippen LogP contribution in [0.1, 0.15) is 45.2 Å². The molecule has 1 N–H and O–H groups in total. The number of anilines is 1. The summed E-state index contributed by atoms with van der Waals surface area (Å²) in [7, 11) is 0. The van der Waals surface area contributed by atoms with Crippen molar-refractivity contribution in [3.05, 3.63) is 11.1 Å². The summed E-state index contributed by atoms with van der Waals surface area (Å²) < 4.78 is 4.92. The molecule has 2 rings (SSSR count). The molecule has 2 atom stereocenters. The zero-order valence-corrected chi connectivity index (χ0v) is 13.2. The Kier molecular flexibility index (Phi) is 5.83. The number of thiazole rings is 1. The Labute approximate surface area is 124 Å². The van der Waals surface area contributed by atoms with E-state index in [4.69, 9.17) is 4.74 Å². The number of rotatable bonds is 7. The van der Waals surface area contributed by atoms with Gasteiger partial charge >= 0.3 is 5.97 Å². The molecule has 0 aliphatic heterocycles. The van der Waals surface area contributed by atoms with Gasteiger partial charge in [0.25, 0.3) is 0 Å². The van der Waals surface area contributed by atoms with Gasteiger partial charge in [0, 0.05) is 18.3 Å². The first-order valence-electron chi connectivity index (χ1n) is 7.53. The summed E-state index contributed by atoms with van der Waals surface area (Å²) in [6.45, 7) is 5.63. The Balaban J connectivity index is 1.73. The van der Waals surface area contributed by atoms with Crippen LogP contribution in [-0.4, -0.2) is 24.1 Å². The molecular weight excluding hydrogens is 272 g/mol. The van der Waals surface area contributed by atoms with Crippen LogP contribution in [0.2, 0.25) is 0 Å². The highest BCUT2D eigenvalue weighted by molar-refractivity contribution is 7.13. The van der Waals surface area contributed by atoms with Crippen molar-refractivity contribution >= 4 is 22.4 Å². The fourth-order valence-electron chi connectivity index (χ4n) is 2.71. The SMILES string of the molecule is CCOC(=O)CCc1csc(NCC2CCCC2C)n1. The van der Waals surface area contributed by atoms with Crippen LogP contribution < -0.4 is 5.32 Å². The van der Waals surface area contributed by atoms with Crippen molar-refractivity contribution in [2.24, 2.45) is 11.8 Å². The van der Waals surface area contributed by atoms with Crippen LogP contribution in [0.4, 0.5) is 5.13 Å². The van der Waals surface area contributed by atoms with Crippen LogP contribution in [0, 0.1) is 11.8 Å². The summed E-state index contributed by atoms with van der Waals surface area (Å²) >= 11 is 1.62. The van der Waals surface area contributed by atoms with Gasteiger partial charge in [-0.15, -0.1) is 11.3 Å². The lowest BCUT2D eigenvalue weighted by molar-refractivity contribution is -0.143. The van der Waals surface area contributed by atoms with Gasteiger partial charge in [-0.3, -0.25) is 4.79 Å². The lowest BCUT2D eigenvalue weighted by Crippen LogP contribution is -2.16. The number of aryl methyl sites for hydroxylation is 1. The van der Waals surface area contributed by atoms with Gasteiger partial charge in [-0.05, 0) is 25.2 Å². The highest BCUT2D eigenvalue weighted by Crippen LogP contribution is 2.31. The molecule has 0 radical (unpaired) electrons.